The summed E-state index contributed by atoms with van der Waals surface area (Å²) in [6, 6.07) is 12.0. The van der Waals surface area contributed by atoms with Gasteiger partial charge in [-0.25, -0.2) is 9.69 Å². The largest absolute Gasteiger partial charge is 0.447 e. The van der Waals surface area contributed by atoms with Crippen molar-refractivity contribution in [3.8, 4) is 0 Å². The van der Waals surface area contributed by atoms with Crippen molar-refractivity contribution in [1.82, 2.24) is 4.90 Å². The Morgan fingerprint density at radius 2 is 1.62 bits per heavy atom. The topological polar surface area (TPSA) is 55.8 Å². The summed E-state index contributed by atoms with van der Waals surface area (Å²) in [5, 5.41) is 0. The summed E-state index contributed by atoms with van der Waals surface area (Å²) in [5.41, 5.74) is 0. The Morgan fingerprint density at radius 1 is 1.08 bits per heavy atom. The van der Waals surface area contributed by atoms with Crippen LogP contribution >= 0.6 is 0 Å². The number of cyclic esters (lactones) is 1. The summed E-state index contributed by atoms with van der Waals surface area (Å²) in [5.74, 6) is 0.0515. The average molecular weight is 331 g/mol. The number of carbonyl (C=O) groups excluding carboxylic acids is 2. The molecule has 0 saturated carbocycles. The molecule has 3 rings (SSSR count). The Hall–Kier alpha value is -2.14. The number of nitrogens with zero attached hydrogens (tertiary/aromatic N) is 1. The third kappa shape index (κ3) is 5.81. The van der Waals surface area contributed by atoms with Gasteiger partial charge in [-0.2, -0.15) is 0 Å². The molecule has 2 heterocycles. The van der Waals surface area contributed by atoms with Gasteiger partial charge in [-0.15, -0.1) is 0 Å². The van der Waals surface area contributed by atoms with E-state index in [1.54, 1.807) is 0 Å². The van der Waals surface area contributed by atoms with Crippen LogP contribution in [-0.4, -0.2) is 42.3 Å². The molecular formula is C19H25NO4. The number of hydrogen-bond acceptors (Lipinski definition) is 4. The SMILES string of the molecule is CC1CC(/C=C/C(=O)N2CCOC2=O)CC(C)O1.c1ccccc1. The Labute approximate surface area is 143 Å². The predicted octanol–water partition coefficient (Wildman–Crippen LogP) is 3.41. The van der Waals surface area contributed by atoms with Crippen molar-refractivity contribution in [3.63, 3.8) is 0 Å². The Kier molecular flexibility index (Phi) is 7.00. The number of amides is 2. The Morgan fingerprint density at radius 3 is 2.08 bits per heavy atom. The number of carbonyl (C=O) groups is 2. The molecule has 1 aromatic carbocycles. The smallest absolute Gasteiger partial charge is 0.416 e. The quantitative estimate of drug-likeness (QED) is 0.779. The molecule has 130 valence electrons. The highest BCUT2D eigenvalue weighted by Crippen LogP contribution is 2.25. The lowest BCUT2D eigenvalue weighted by molar-refractivity contribution is -0.122. The molecule has 0 radical (unpaired) electrons. The number of hydrogen-bond donors (Lipinski definition) is 0. The third-order valence-corrected chi connectivity index (χ3v) is 3.94. The second-order valence-corrected chi connectivity index (χ2v) is 6.11. The molecule has 0 bridgehead atoms. The van der Waals surface area contributed by atoms with Crippen LogP contribution in [0.2, 0.25) is 0 Å². The van der Waals surface area contributed by atoms with Crippen molar-refractivity contribution in [2.75, 3.05) is 13.2 Å². The van der Waals surface area contributed by atoms with Crippen LogP contribution in [0.15, 0.2) is 48.6 Å². The van der Waals surface area contributed by atoms with E-state index in [2.05, 4.69) is 0 Å². The van der Waals surface area contributed by atoms with Crippen LogP contribution in [0.3, 0.4) is 0 Å². The van der Waals surface area contributed by atoms with Crippen molar-refractivity contribution in [2.45, 2.75) is 38.9 Å². The maximum atomic E-state index is 11.8. The fraction of sp³-hybridized carbons (Fsp3) is 0.474. The summed E-state index contributed by atoms with van der Waals surface area (Å²) in [6.07, 6.45) is 5.10. The summed E-state index contributed by atoms with van der Waals surface area (Å²) in [7, 11) is 0. The Bertz CT molecular complexity index is 521. The van der Waals surface area contributed by atoms with Crippen LogP contribution in [0.4, 0.5) is 4.79 Å². The van der Waals surface area contributed by atoms with E-state index in [4.69, 9.17) is 9.47 Å². The number of ether oxygens (including phenoxy) is 2. The first-order valence-electron chi connectivity index (χ1n) is 8.38. The number of allylic oxidation sites excluding steroid dienone is 1. The van der Waals surface area contributed by atoms with E-state index in [1.807, 2.05) is 56.3 Å². The minimum Gasteiger partial charge on any atom is -0.447 e. The van der Waals surface area contributed by atoms with Crippen LogP contribution in [0.1, 0.15) is 26.7 Å². The Balaban J connectivity index is 0.000000292. The van der Waals surface area contributed by atoms with Crippen LogP contribution in [-0.2, 0) is 14.3 Å². The second kappa shape index (κ2) is 9.23. The molecule has 0 aromatic heterocycles. The summed E-state index contributed by atoms with van der Waals surface area (Å²) in [4.78, 5) is 24.1. The minimum absolute atomic E-state index is 0.218. The third-order valence-electron chi connectivity index (χ3n) is 3.94. The van der Waals surface area contributed by atoms with Gasteiger partial charge < -0.3 is 9.47 Å². The van der Waals surface area contributed by atoms with Gasteiger partial charge in [0.15, 0.2) is 0 Å². The van der Waals surface area contributed by atoms with Gasteiger partial charge in [0.25, 0.3) is 5.91 Å². The lowest BCUT2D eigenvalue weighted by Crippen LogP contribution is -2.31. The van der Waals surface area contributed by atoms with E-state index in [0.717, 1.165) is 17.7 Å². The van der Waals surface area contributed by atoms with Crippen LogP contribution in [0.5, 0.6) is 0 Å². The molecule has 1 aromatic rings. The van der Waals surface area contributed by atoms with Crippen molar-refractivity contribution in [1.29, 1.82) is 0 Å². The molecular weight excluding hydrogens is 306 g/mol. The van der Waals surface area contributed by atoms with E-state index in [9.17, 15) is 9.59 Å². The van der Waals surface area contributed by atoms with Crippen molar-refractivity contribution in [2.24, 2.45) is 5.92 Å². The molecule has 0 aliphatic carbocycles. The number of imide groups is 1. The standard InChI is InChI=1S/C13H19NO4.C6H6/c1-9-7-11(8-10(2)18-9)3-4-12(15)14-5-6-17-13(14)16;1-2-4-6-5-3-1/h3-4,9-11H,5-8H2,1-2H3;1-6H/b4-3+;. The molecule has 2 aliphatic heterocycles. The second-order valence-electron chi connectivity index (χ2n) is 6.11. The first-order chi connectivity index (χ1) is 11.6. The molecule has 2 unspecified atom stereocenters. The lowest BCUT2D eigenvalue weighted by Gasteiger charge is -2.30. The zero-order valence-corrected chi connectivity index (χ0v) is 14.3. The summed E-state index contributed by atoms with van der Waals surface area (Å²) >= 11 is 0. The van der Waals surface area contributed by atoms with E-state index in [-0.39, 0.29) is 18.1 Å². The van der Waals surface area contributed by atoms with Gasteiger partial charge >= 0.3 is 6.09 Å². The molecule has 2 amide bonds. The molecule has 2 atom stereocenters. The van der Waals surface area contributed by atoms with Gasteiger partial charge in [0.2, 0.25) is 0 Å². The van der Waals surface area contributed by atoms with E-state index in [0.29, 0.717) is 19.1 Å². The van der Waals surface area contributed by atoms with Crippen molar-refractivity contribution >= 4 is 12.0 Å². The van der Waals surface area contributed by atoms with Gasteiger partial charge in [-0.3, -0.25) is 4.79 Å². The van der Waals surface area contributed by atoms with Gasteiger partial charge in [0, 0.05) is 0 Å². The summed E-state index contributed by atoms with van der Waals surface area (Å²) < 4.78 is 10.4. The highest BCUT2D eigenvalue weighted by molar-refractivity contribution is 5.99. The first-order valence-corrected chi connectivity index (χ1v) is 8.38. The summed E-state index contributed by atoms with van der Waals surface area (Å²) in [6.45, 7) is 4.72. The fourth-order valence-electron chi connectivity index (χ4n) is 2.90. The molecule has 5 nitrogen and oxygen atoms in total. The average Bonchev–Trinajstić information content (AvgIpc) is 3.00. The van der Waals surface area contributed by atoms with E-state index in [1.165, 1.54) is 6.08 Å². The zero-order chi connectivity index (χ0) is 17.4. The molecule has 0 N–H and O–H groups in total. The highest BCUT2D eigenvalue weighted by Gasteiger charge is 2.27. The normalized spacial score (nSPS) is 26.7. The first kappa shape index (κ1) is 18.2. The maximum Gasteiger partial charge on any atom is 0.416 e. The van der Waals surface area contributed by atoms with Crippen molar-refractivity contribution < 1.29 is 19.1 Å². The predicted molar refractivity (Wildman–Crippen MR) is 91.4 cm³/mol. The van der Waals surface area contributed by atoms with E-state index >= 15 is 0 Å². The van der Waals surface area contributed by atoms with Crippen LogP contribution in [0, 0.1) is 5.92 Å². The van der Waals surface area contributed by atoms with Gasteiger partial charge in [0.05, 0.1) is 18.8 Å². The van der Waals surface area contributed by atoms with Gasteiger partial charge in [-0.05, 0) is 38.7 Å². The fourth-order valence-corrected chi connectivity index (χ4v) is 2.90. The number of rotatable bonds is 2. The molecule has 2 aliphatic rings. The number of benzene rings is 1. The molecule has 2 saturated heterocycles. The lowest BCUT2D eigenvalue weighted by atomic mass is 9.92. The highest BCUT2D eigenvalue weighted by atomic mass is 16.6. The monoisotopic (exact) mass is 331 g/mol. The maximum absolute atomic E-state index is 11.8. The van der Waals surface area contributed by atoms with Crippen LogP contribution in [0.25, 0.3) is 0 Å². The van der Waals surface area contributed by atoms with Gasteiger partial charge in [0.1, 0.15) is 6.61 Å². The minimum atomic E-state index is -0.543. The van der Waals surface area contributed by atoms with Crippen LogP contribution < -0.4 is 0 Å². The van der Waals surface area contributed by atoms with Gasteiger partial charge in [-0.1, -0.05) is 42.5 Å². The molecule has 0 spiro atoms. The molecule has 2 fully saturated rings. The molecule has 5 heteroatoms. The van der Waals surface area contributed by atoms with Crippen molar-refractivity contribution in [3.05, 3.63) is 48.6 Å². The zero-order valence-electron chi connectivity index (χ0n) is 14.3. The van der Waals surface area contributed by atoms with E-state index < -0.39 is 6.09 Å². The molecule has 24 heavy (non-hydrogen) atoms.